The van der Waals surface area contributed by atoms with E-state index in [1.54, 1.807) is 0 Å². The predicted molar refractivity (Wildman–Crippen MR) is 74.0 cm³/mol. The average molecular weight is 364 g/mol. The van der Waals surface area contributed by atoms with Gasteiger partial charge >= 0.3 is 11.9 Å². The molecule has 0 aliphatic carbocycles. The van der Waals surface area contributed by atoms with Crippen molar-refractivity contribution in [3.05, 3.63) is 12.7 Å². The molecule has 3 rings (SSSR count). The van der Waals surface area contributed by atoms with Crippen molar-refractivity contribution in [3.8, 4) is 0 Å². The highest BCUT2D eigenvalue weighted by Gasteiger charge is 2.81. The number of ether oxygens (including phenoxy) is 3. The van der Waals surface area contributed by atoms with Crippen LogP contribution in [0, 0.1) is 0 Å². The van der Waals surface area contributed by atoms with Gasteiger partial charge < -0.3 is 24.4 Å². The minimum atomic E-state index is -4.18. The first-order chi connectivity index (χ1) is 11.2. The van der Waals surface area contributed by atoms with E-state index in [1.165, 1.54) is 0 Å². The van der Waals surface area contributed by atoms with Gasteiger partial charge in [0, 0.05) is 12.5 Å². The number of esters is 2. The summed E-state index contributed by atoms with van der Waals surface area (Å²) < 4.78 is 44.7. The van der Waals surface area contributed by atoms with Gasteiger partial charge in [0.15, 0.2) is 18.0 Å². The largest absolute Gasteiger partial charge is 0.455 e. The van der Waals surface area contributed by atoms with Gasteiger partial charge in [0.25, 0.3) is 10.1 Å². The third-order valence-corrected chi connectivity index (χ3v) is 6.35. The van der Waals surface area contributed by atoms with Crippen LogP contribution in [0.4, 0.5) is 0 Å². The van der Waals surface area contributed by atoms with Gasteiger partial charge in [-0.15, -0.1) is 0 Å². The number of carbonyl (C=O) groups excluding carboxylic acids is 2. The Balaban J connectivity index is 1.86. The molecule has 0 aromatic rings. The van der Waals surface area contributed by atoms with Gasteiger partial charge in [-0.05, 0) is 0 Å². The molecule has 134 valence electrons. The number of rotatable bonds is 6. The molecule has 2 bridgehead atoms. The summed E-state index contributed by atoms with van der Waals surface area (Å²) in [6, 6.07) is 0. The fourth-order valence-corrected chi connectivity index (χ4v) is 5.64. The standard InChI is InChI=1S/C13H16O10S/c1-2-8(16)20-4-9(17)21-10-11-13(6-15)7(22-24(11,18)19)3-12(10,5-14)23-13/h2,7,10-11,14-15H,1,3-6H2. The number of fused-ring (bicyclic) bond motifs is 1. The van der Waals surface area contributed by atoms with Crippen LogP contribution >= 0.6 is 0 Å². The van der Waals surface area contributed by atoms with Crippen LogP contribution in [0.25, 0.3) is 0 Å². The molecule has 2 N–H and O–H groups in total. The second-order valence-corrected chi connectivity index (χ2v) is 7.55. The highest BCUT2D eigenvalue weighted by molar-refractivity contribution is 7.87. The van der Waals surface area contributed by atoms with Crippen LogP contribution in [0.5, 0.6) is 0 Å². The molecule has 0 aromatic carbocycles. The third kappa shape index (κ3) is 2.19. The van der Waals surface area contributed by atoms with Gasteiger partial charge in [0.1, 0.15) is 17.3 Å². The molecule has 11 heteroatoms. The predicted octanol–water partition coefficient (Wildman–Crippen LogP) is -2.38. The van der Waals surface area contributed by atoms with Gasteiger partial charge in [0.05, 0.1) is 13.2 Å². The Morgan fingerprint density at radius 1 is 1.33 bits per heavy atom. The first-order valence-corrected chi connectivity index (χ1v) is 8.54. The minimum absolute atomic E-state index is 0.0653. The Hall–Kier alpha value is -1.53. The zero-order valence-corrected chi connectivity index (χ0v) is 13.2. The van der Waals surface area contributed by atoms with E-state index < -0.39 is 70.5 Å². The van der Waals surface area contributed by atoms with Crippen molar-refractivity contribution in [2.75, 3.05) is 19.8 Å². The molecule has 3 aliphatic rings. The van der Waals surface area contributed by atoms with Gasteiger partial charge in [-0.3, -0.25) is 4.18 Å². The molecule has 3 fully saturated rings. The maximum absolute atomic E-state index is 12.2. The van der Waals surface area contributed by atoms with Crippen LogP contribution in [0.15, 0.2) is 12.7 Å². The van der Waals surface area contributed by atoms with Crippen molar-refractivity contribution in [1.82, 2.24) is 0 Å². The van der Waals surface area contributed by atoms with Crippen molar-refractivity contribution in [1.29, 1.82) is 0 Å². The smallest absolute Gasteiger partial charge is 0.344 e. The van der Waals surface area contributed by atoms with E-state index in [1.807, 2.05) is 0 Å². The molecule has 5 unspecified atom stereocenters. The number of aliphatic hydroxyl groups is 2. The quantitative estimate of drug-likeness (QED) is 0.298. The number of hydrogen-bond donors (Lipinski definition) is 2. The normalized spacial score (nSPS) is 41.2. The van der Waals surface area contributed by atoms with Crippen LogP contribution in [0.1, 0.15) is 6.42 Å². The van der Waals surface area contributed by atoms with Crippen molar-refractivity contribution in [2.45, 2.75) is 35.1 Å². The van der Waals surface area contributed by atoms with E-state index in [9.17, 15) is 28.2 Å². The maximum Gasteiger partial charge on any atom is 0.344 e. The Morgan fingerprint density at radius 3 is 2.62 bits per heavy atom. The molecule has 3 saturated heterocycles. The molecule has 0 radical (unpaired) electrons. The Morgan fingerprint density at radius 2 is 2.04 bits per heavy atom. The molecule has 0 saturated carbocycles. The molecular formula is C13H16O10S. The van der Waals surface area contributed by atoms with E-state index in [0.717, 1.165) is 6.08 Å². The van der Waals surface area contributed by atoms with Crippen LogP contribution in [-0.4, -0.2) is 79.1 Å². The molecule has 3 aliphatic heterocycles. The SMILES string of the molecule is C=CC(=O)OCC(=O)OC1C2C3(CO)OC1(CO)CC3OS2(=O)=O. The van der Waals surface area contributed by atoms with Crippen LogP contribution in [-0.2, 0) is 38.1 Å². The van der Waals surface area contributed by atoms with Crippen molar-refractivity contribution < 1.29 is 46.6 Å². The van der Waals surface area contributed by atoms with Gasteiger partial charge in [-0.2, -0.15) is 8.42 Å². The monoisotopic (exact) mass is 364 g/mol. The van der Waals surface area contributed by atoms with Crippen LogP contribution in [0.3, 0.4) is 0 Å². The maximum atomic E-state index is 12.2. The highest BCUT2D eigenvalue weighted by Crippen LogP contribution is 2.59. The molecule has 5 atom stereocenters. The van der Waals surface area contributed by atoms with Gasteiger partial charge in [-0.1, -0.05) is 6.58 Å². The molecule has 10 nitrogen and oxygen atoms in total. The van der Waals surface area contributed by atoms with E-state index in [4.69, 9.17) is 13.7 Å². The van der Waals surface area contributed by atoms with E-state index >= 15 is 0 Å². The Labute approximate surface area is 137 Å². The summed E-state index contributed by atoms with van der Waals surface area (Å²) >= 11 is 0. The molecule has 24 heavy (non-hydrogen) atoms. The molecule has 0 spiro atoms. The number of hydrogen-bond acceptors (Lipinski definition) is 10. The summed E-state index contributed by atoms with van der Waals surface area (Å²) in [6.45, 7) is 1.09. The lowest BCUT2D eigenvalue weighted by molar-refractivity contribution is -0.170. The van der Waals surface area contributed by atoms with Crippen molar-refractivity contribution >= 4 is 22.1 Å². The van der Waals surface area contributed by atoms with Crippen LogP contribution in [0.2, 0.25) is 0 Å². The zero-order valence-electron chi connectivity index (χ0n) is 12.4. The summed E-state index contributed by atoms with van der Waals surface area (Å²) in [7, 11) is -4.18. The summed E-state index contributed by atoms with van der Waals surface area (Å²) in [5, 5.41) is 17.9. The van der Waals surface area contributed by atoms with Gasteiger partial charge in [-0.25, -0.2) is 9.59 Å². The average Bonchev–Trinajstić information content (AvgIpc) is 3.05. The fraction of sp³-hybridized carbons (Fsp3) is 0.692. The lowest BCUT2D eigenvalue weighted by Crippen LogP contribution is -2.56. The first-order valence-electron chi connectivity index (χ1n) is 7.07. The van der Waals surface area contributed by atoms with E-state index in [2.05, 4.69) is 11.3 Å². The summed E-state index contributed by atoms with van der Waals surface area (Å²) in [5.41, 5.74) is -3.09. The first kappa shape index (κ1) is 17.3. The van der Waals surface area contributed by atoms with E-state index in [0.29, 0.717) is 0 Å². The third-order valence-electron chi connectivity index (χ3n) is 4.58. The summed E-state index contributed by atoms with van der Waals surface area (Å²) in [4.78, 5) is 22.8. The molecule has 3 heterocycles. The topological polar surface area (TPSA) is 146 Å². The number of carbonyl (C=O) groups is 2. The lowest BCUT2D eigenvalue weighted by atomic mass is 9.78. The summed E-state index contributed by atoms with van der Waals surface area (Å²) in [5.74, 6) is -1.87. The second kappa shape index (κ2) is 5.49. The van der Waals surface area contributed by atoms with Crippen molar-refractivity contribution in [3.63, 3.8) is 0 Å². The molecular weight excluding hydrogens is 348 g/mol. The second-order valence-electron chi connectivity index (χ2n) is 5.86. The Kier molecular flexibility index (Phi) is 3.96. The number of aliphatic hydroxyl groups excluding tert-OH is 2. The van der Waals surface area contributed by atoms with Crippen molar-refractivity contribution in [2.24, 2.45) is 0 Å². The summed E-state index contributed by atoms with van der Waals surface area (Å²) in [6.07, 6.45) is -1.57. The fourth-order valence-electron chi connectivity index (χ4n) is 3.60. The van der Waals surface area contributed by atoms with Gasteiger partial charge in [0.2, 0.25) is 0 Å². The zero-order chi connectivity index (χ0) is 17.8. The van der Waals surface area contributed by atoms with Crippen LogP contribution < -0.4 is 0 Å². The molecule has 0 aromatic heterocycles. The minimum Gasteiger partial charge on any atom is -0.455 e. The molecule has 0 amide bonds. The Bertz CT molecular complexity index is 687. The lowest BCUT2D eigenvalue weighted by Gasteiger charge is -2.32. The highest BCUT2D eigenvalue weighted by atomic mass is 32.2. The van der Waals surface area contributed by atoms with E-state index in [-0.39, 0.29) is 6.42 Å².